The average molecular weight is 204 g/mol. The Hall–Kier alpha value is -0.850. The largest absolute Gasteiger partial charge is 0.295 e. The summed E-state index contributed by atoms with van der Waals surface area (Å²) in [5, 5.41) is 0. The molecule has 2 aliphatic carbocycles. The molecule has 82 valence electrons. The number of rotatable bonds is 2. The Labute approximate surface area is 92.3 Å². The molecule has 0 bridgehead atoms. The summed E-state index contributed by atoms with van der Waals surface area (Å²) >= 11 is 0. The summed E-state index contributed by atoms with van der Waals surface area (Å²) in [6, 6.07) is 0. The zero-order valence-electron chi connectivity index (χ0n) is 10.1. The lowest BCUT2D eigenvalue weighted by Crippen LogP contribution is -2.52. The van der Waals surface area contributed by atoms with Gasteiger partial charge in [0.05, 0.1) is 0 Å². The maximum atomic E-state index is 11.1. The lowest BCUT2D eigenvalue weighted by atomic mass is 9.44. The van der Waals surface area contributed by atoms with Gasteiger partial charge in [-0.2, -0.15) is 0 Å². The first kappa shape index (κ1) is 10.7. The van der Waals surface area contributed by atoms with Crippen LogP contribution >= 0.6 is 0 Å². The molecule has 0 N–H and O–H groups in total. The summed E-state index contributed by atoms with van der Waals surface area (Å²) in [7, 11) is 0. The first-order valence-corrected chi connectivity index (χ1v) is 5.77. The van der Waals surface area contributed by atoms with Crippen LogP contribution in [-0.4, -0.2) is 5.78 Å². The lowest BCUT2D eigenvalue weighted by Gasteiger charge is -2.59. The maximum Gasteiger partial charge on any atom is 0.152 e. The monoisotopic (exact) mass is 204 g/mol. The summed E-state index contributed by atoms with van der Waals surface area (Å²) in [6.07, 6.45) is 8.75. The van der Waals surface area contributed by atoms with Crippen molar-refractivity contribution in [3.8, 4) is 0 Å². The van der Waals surface area contributed by atoms with Crippen molar-refractivity contribution in [1.82, 2.24) is 0 Å². The van der Waals surface area contributed by atoms with E-state index in [1.54, 1.807) is 13.0 Å². The van der Waals surface area contributed by atoms with E-state index in [0.29, 0.717) is 5.41 Å². The molecule has 2 aliphatic rings. The second-order valence-corrected chi connectivity index (χ2v) is 5.72. The summed E-state index contributed by atoms with van der Waals surface area (Å²) in [5.41, 5.74) is 1.96. The van der Waals surface area contributed by atoms with Crippen LogP contribution in [0.15, 0.2) is 23.8 Å². The molecule has 0 aromatic carbocycles. The normalized spacial score (nSPS) is 37.3. The predicted molar refractivity (Wildman–Crippen MR) is 62.5 cm³/mol. The second-order valence-electron chi connectivity index (χ2n) is 5.72. The third-order valence-electron chi connectivity index (χ3n) is 4.46. The molecular formula is C14H20O. The summed E-state index contributed by atoms with van der Waals surface area (Å²) < 4.78 is 0. The van der Waals surface area contributed by atoms with Gasteiger partial charge in [-0.15, -0.1) is 0 Å². The van der Waals surface area contributed by atoms with E-state index in [1.165, 1.54) is 18.4 Å². The van der Waals surface area contributed by atoms with Crippen LogP contribution in [0.5, 0.6) is 0 Å². The minimum absolute atomic E-state index is 0.158. The lowest BCUT2D eigenvalue weighted by molar-refractivity contribution is -0.112. The Kier molecular flexibility index (Phi) is 2.18. The third kappa shape index (κ3) is 1.25. The summed E-state index contributed by atoms with van der Waals surface area (Å²) in [5.74, 6) is 0.897. The topological polar surface area (TPSA) is 17.1 Å². The van der Waals surface area contributed by atoms with Crippen LogP contribution in [0, 0.1) is 16.7 Å². The summed E-state index contributed by atoms with van der Waals surface area (Å²) in [4.78, 5) is 11.1. The fourth-order valence-corrected chi connectivity index (χ4v) is 3.72. The molecule has 0 amide bonds. The van der Waals surface area contributed by atoms with Gasteiger partial charge in [0.1, 0.15) is 0 Å². The van der Waals surface area contributed by atoms with Gasteiger partial charge in [0, 0.05) is 5.41 Å². The molecular weight excluding hydrogens is 184 g/mol. The number of carbonyl (C=O) groups excluding carboxylic acids is 1. The molecule has 0 heterocycles. The predicted octanol–water partition coefficient (Wildman–Crippen LogP) is 3.51. The van der Waals surface area contributed by atoms with Crippen LogP contribution in [0.4, 0.5) is 0 Å². The molecule has 1 fully saturated rings. The average Bonchev–Trinajstić information content (AvgIpc) is 2.37. The number of fused-ring (bicyclic) bond motifs is 1. The fraction of sp³-hybridized carbons (Fsp3) is 0.643. The highest BCUT2D eigenvalue weighted by Crippen LogP contribution is 2.68. The van der Waals surface area contributed by atoms with E-state index in [9.17, 15) is 4.79 Å². The Balaban J connectivity index is 2.37. The highest BCUT2D eigenvalue weighted by molar-refractivity contribution is 5.87. The van der Waals surface area contributed by atoms with Crippen molar-refractivity contribution in [2.75, 3.05) is 0 Å². The molecule has 0 saturated heterocycles. The number of hydrogen-bond acceptors (Lipinski definition) is 1. The number of ketones is 1. The molecule has 0 spiro atoms. The van der Waals surface area contributed by atoms with Crippen molar-refractivity contribution in [2.45, 2.75) is 40.5 Å². The van der Waals surface area contributed by atoms with Gasteiger partial charge in [-0.05, 0) is 44.1 Å². The Morgan fingerprint density at radius 1 is 1.53 bits per heavy atom. The van der Waals surface area contributed by atoms with Gasteiger partial charge in [0.15, 0.2) is 5.78 Å². The van der Waals surface area contributed by atoms with Gasteiger partial charge in [-0.25, -0.2) is 0 Å². The van der Waals surface area contributed by atoms with E-state index in [1.807, 2.05) is 0 Å². The van der Waals surface area contributed by atoms with E-state index in [0.717, 1.165) is 5.92 Å². The van der Waals surface area contributed by atoms with Crippen molar-refractivity contribution in [2.24, 2.45) is 16.7 Å². The SMILES string of the molecule is CC(=O)/C=C/C12C(C)=CCC1CC2(C)C. The molecule has 0 radical (unpaired) electrons. The maximum absolute atomic E-state index is 11.1. The number of allylic oxidation sites excluding steroid dienone is 4. The molecule has 2 unspecified atom stereocenters. The molecule has 0 aromatic rings. The van der Waals surface area contributed by atoms with Crippen LogP contribution in [0.3, 0.4) is 0 Å². The first-order chi connectivity index (χ1) is 6.90. The van der Waals surface area contributed by atoms with Gasteiger partial charge in [0.25, 0.3) is 0 Å². The van der Waals surface area contributed by atoms with Gasteiger partial charge >= 0.3 is 0 Å². The van der Waals surface area contributed by atoms with Crippen molar-refractivity contribution >= 4 is 5.78 Å². The smallest absolute Gasteiger partial charge is 0.152 e. The Bertz CT molecular complexity index is 360. The molecule has 0 aromatic heterocycles. The van der Waals surface area contributed by atoms with Gasteiger partial charge < -0.3 is 0 Å². The number of carbonyl (C=O) groups is 1. The molecule has 0 aliphatic heterocycles. The molecule has 1 heteroatoms. The summed E-state index contributed by atoms with van der Waals surface area (Å²) in [6.45, 7) is 8.47. The Morgan fingerprint density at radius 2 is 2.20 bits per heavy atom. The molecule has 2 rings (SSSR count). The van der Waals surface area contributed by atoms with E-state index < -0.39 is 0 Å². The van der Waals surface area contributed by atoms with Crippen molar-refractivity contribution in [1.29, 1.82) is 0 Å². The van der Waals surface area contributed by atoms with Crippen LogP contribution < -0.4 is 0 Å². The van der Waals surface area contributed by atoms with E-state index in [-0.39, 0.29) is 11.2 Å². The molecule has 15 heavy (non-hydrogen) atoms. The fourth-order valence-electron chi connectivity index (χ4n) is 3.72. The second kappa shape index (κ2) is 3.07. The van der Waals surface area contributed by atoms with Crippen LogP contribution in [-0.2, 0) is 4.79 Å². The minimum Gasteiger partial charge on any atom is -0.295 e. The van der Waals surface area contributed by atoms with Gasteiger partial charge in [-0.1, -0.05) is 31.6 Å². The zero-order chi connectivity index (χ0) is 11.3. The van der Waals surface area contributed by atoms with Crippen molar-refractivity contribution < 1.29 is 4.79 Å². The van der Waals surface area contributed by atoms with Crippen LogP contribution in [0.25, 0.3) is 0 Å². The van der Waals surface area contributed by atoms with Crippen LogP contribution in [0.1, 0.15) is 40.5 Å². The molecule has 1 saturated carbocycles. The highest BCUT2D eigenvalue weighted by Gasteiger charge is 2.60. The third-order valence-corrected chi connectivity index (χ3v) is 4.46. The zero-order valence-corrected chi connectivity index (χ0v) is 10.1. The van der Waals surface area contributed by atoms with Gasteiger partial charge in [0.2, 0.25) is 0 Å². The standard InChI is InChI=1S/C14H20O/c1-10-5-6-12-9-13(3,4)14(10,12)8-7-11(2)15/h5,7-8,12H,6,9H2,1-4H3/b8-7+. The van der Waals surface area contributed by atoms with E-state index >= 15 is 0 Å². The molecule has 1 nitrogen and oxygen atoms in total. The van der Waals surface area contributed by atoms with Crippen molar-refractivity contribution in [3.63, 3.8) is 0 Å². The van der Waals surface area contributed by atoms with Crippen LogP contribution in [0.2, 0.25) is 0 Å². The van der Waals surface area contributed by atoms with E-state index in [4.69, 9.17) is 0 Å². The molecule has 2 atom stereocenters. The minimum atomic E-state index is 0.158. The van der Waals surface area contributed by atoms with Crippen molar-refractivity contribution in [3.05, 3.63) is 23.8 Å². The number of hydrogen-bond donors (Lipinski definition) is 0. The van der Waals surface area contributed by atoms with E-state index in [2.05, 4.69) is 32.9 Å². The quantitative estimate of drug-likeness (QED) is 0.497. The highest BCUT2D eigenvalue weighted by atomic mass is 16.1. The Morgan fingerprint density at radius 3 is 2.67 bits per heavy atom. The van der Waals surface area contributed by atoms with Gasteiger partial charge in [-0.3, -0.25) is 4.79 Å². The first-order valence-electron chi connectivity index (χ1n) is 5.77.